The highest BCUT2D eigenvalue weighted by Crippen LogP contribution is 2.29. The summed E-state index contributed by atoms with van der Waals surface area (Å²) in [6.45, 7) is 2.08. The molecule has 0 radical (unpaired) electrons. The summed E-state index contributed by atoms with van der Waals surface area (Å²) in [4.78, 5) is 0. The zero-order valence-corrected chi connectivity index (χ0v) is 13.7. The number of aryl methyl sites for hydroxylation is 1. The highest BCUT2D eigenvalue weighted by Gasteiger charge is 2.15. The molecule has 1 unspecified atom stereocenters. The molecule has 0 amide bonds. The van der Waals surface area contributed by atoms with Crippen molar-refractivity contribution in [1.82, 2.24) is 5.43 Å². The summed E-state index contributed by atoms with van der Waals surface area (Å²) >= 11 is 5.90. The van der Waals surface area contributed by atoms with Crippen LogP contribution in [-0.4, -0.2) is 0 Å². The first-order chi connectivity index (χ1) is 8.61. The number of hydrogen-bond acceptors (Lipinski definition) is 2. The Morgan fingerprint density at radius 2 is 2.00 bits per heavy atom. The lowest BCUT2D eigenvalue weighted by molar-refractivity contribution is 0.634. The maximum Gasteiger partial charge on any atom is 0.0721 e. The Morgan fingerprint density at radius 3 is 2.67 bits per heavy atom. The number of nitrogens with two attached hydrogens (primary N) is 1. The van der Waals surface area contributed by atoms with Crippen LogP contribution in [0.4, 0.5) is 0 Å². The molecular formula is C14H14BrIN2. The fourth-order valence-electron chi connectivity index (χ4n) is 1.95. The molecule has 0 heterocycles. The van der Waals surface area contributed by atoms with Crippen LogP contribution >= 0.6 is 38.5 Å². The zero-order chi connectivity index (χ0) is 13.1. The largest absolute Gasteiger partial charge is 0.271 e. The molecule has 2 nitrogen and oxygen atoms in total. The summed E-state index contributed by atoms with van der Waals surface area (Å²) in [5.41, 5.74) is 6.44. The highest BCUT2D eigenvalue weighted by molar-refractivity contribution is 14.1. The van der Waals surface area contributed by atoms with Gasteiger partial charge in [-0.1, -0.05) is 45.8 Å². The van der Waals surface area contributed by atoms with Crippen LogP contribution in [0.25, 0.3) is 0 Å². The summed E-state index contributed by atoms with van der Waals surface area (Å²) in [5.74, 6) is 5.73. The van der Waals surface area contributed by atoms with Crippen molar-refractivity contribution in [1.29, 1.82) is 0 Å². The van der Waals surface area contributed by atoms with Gasteiger partial charge in [0.1, 0.15) is 0 Å². The van der Waals surface area contributed by atoms with Gasteiger partial charge < -0.3 is 0 Å². The van der Waals surface area contributed by atoms with Crippen molar-refractivity contribution in [2.24, 2.45) is 5.84 Å². The van der Waals surface area contributed by atoms with E-state index in [0.717, 1.165) is 10.0 Å². The fourth-order valence-corrected chi connectivity index (χ4v) is 2.94. The summed E-state index contributed by atoms with van der Waals surface area (Å²) in [5, 5.41) is 0. The Balaban J connectivity index is 2.48. The summed E-state index contributed by atoms with van der Waals surface area (Å²) in [7, 11) is 0. The molecule has 18 heavy (non-hydrogen) atoms. The standard InChI is InChI=1S/C14H14BrIN2/c1-9-3-2-4-10(7-9)14(18-17)12-8-11(16)5-6-13(12)15/h2-8,14,18H,17H2,1H3. The van der Waals surface area contributed by atoms with E-state index in [1.54, 1.807) is 0 Å². The monoisotopic (exact) mass is 416 g/mol. The molecular weight excluding hydrogens is 403 g/mol. The lowest BCUT2D eigenvalue weighted by Crippen LogP contribution is -2.29. The Labute approximate surface area is 129 Å². The maximum atomic E-state index is 5.73. The van der Waals surface area contributed by atoms with Gasteiger partial charge in [-0.3, -0.25) is 5.84 Å². The van der Waals surface area contributed by atoms with Gasteiger partial charge >= 0.3 is 0 Å². The van der Waals surface area contributed by atoms with Gasteiger partial charge in [-0.25, -0.2) is 5.43 Å². The number of hydrazine groups is 1. The molecule has 2 rings (SSSR count). The smallest absolute Gasteiger partial charge is 0.0721 e. The fraction of sp³-hybridized carbons (Fsp3) is 0.143. The van der Waals surface area contributed by atoms with E-state index in [-0.39, 0.29) is 6.04 Å². The predicted octanol–water partition coefficient (Wildman–Crippen LogP) is 3.91. The van der Waals surface area contributed by atoms with Gasteiger partial charge in [-0.15, -0.1) is 0 Å². The van der Waals surface area contributed by atoms with E-state index in [9.17, 15) is 0 Å². The molecule has 4 heteroatoms. The minimum absolute atomic E-state index is 0.00556. The third-order valence-electron chi connectivity index (χ3n) is 2.81. The average molecular weight is 417 g/mol. The van der Waals surface area contributed by atoms with Crippen molar-refractivity contribution in [2.45, 2.75) is 13.0 Å². The summed E-state index contributed by atoms with van der Waals surface area (Å²) < 4.78 is 2.26. The first-order valence-electron chi connectivity index (χ1n) is 5.59. The van der Waals surface area contributed by atoms with Crippen LogP contribution in [0, 0.1) is 10.5 Å². The van der Waals surface area contributed by atoms with E-state index in [0.29, 0.717) is 0 Å². The van der Waals surface area contributed by atoms with E-state index >= 15 is 0 Å². The van der Waals surface area contributed by atoms with Crippen LogP contribution in [0.2, 0.25) is 0 Å². The van der Waals surface area contributed by atoms with Gasteiger partial charge in [0.05, 0.1) is 6.04 Å². The average Bonchev–Trinajstić information content (AvgIpc) is 2.35. The second-order valence-corrected chi connectivity index (χ2v) is 6.28. The van der Waals surface area contributed by atoms with Crippen LogP contribution in [0.5, 0.6) is 0 Å². The molecule has 0 aromatic heterocycles. The molecule has 0 aliphatic heterocycles. The van der Waals surface area contributed by atoms with Crippen LogP contribution < -0.4 is 11.3 Å². The van der Waals surface area contributed by atoms with Gasteiger partial charge in [0, 0.05) is 8.04 Å². The van der Waals surface area contributed by atoms with Gasteiger partial charge in [-0.05, 0) is 58.8 Å². The van der Waals surface area contributed by atoms with E-state index < -0.39 is 0 Å². The van der Waals surface area contributed by atoms with E-state index in [2.05, 4.69) is 93.3 Å². The molecule has 0 spiro atoms. The Bertz CT molecular complexity index is 557. The molecule has 0 aliphatic carbocycles. The Kier molecular flexibility index (Phi) is 4.77. The second-order valence-electron chi connectivity index (χ2n) is 4.18. The molecule has 1 atom stereocenters. The molecule has 0 saturated heterocycles. The van der Waals surface area contributed by atoms with E-state index in [1.807, 2.05) is 0 Å². The predicted molar refractivity (Wildman–Crippen MR) is 87.2 cm³/mol. The van der Waals surface area contributed by atoms with Gasteiger partial charge in [-0.2, -0.15) is 0 Å². The summed E-state index contributed by atoms with van der Waals surface area (Å²) in [6, 6.07) is 14.6. The lowest BCUT2D eigenvalue weighted by Gasteiger charge is -2.19. The minimum Gasteiger partial charge on any atom is -0.271 e. The summed E-state index contributed by atoms with van der Waals surface area (Å²) in [6.07, 6.45) is 0. The zero-order valence-electron chi connectivity index (χ0n) is 9.95. The Morgan fingerprint density at radius 1 is 1.22 bits per heavy atom. The van der Waals surface area contributed by atoms with E-state index in [1.165, 1.54) is 14.7 Å². The SMILES string of the molecule is Cc1cccc(C(NN)c2cc(I)ccc2Br)c1. The quantitative estimate of drug-likeness (QED) is 0.452. The van der Waals surface area contributed by atoms with Crippen molar-refractivity contribution in [3.63, 3.8) is 0 Å². The number of rotatable bonds is 3. The van der Waals surface area contributed by atoms with E-state index in [4.69, 9.17) is 5.84 Å². The second kappa shape index (κ2) is 6.14. The molecule has 0 aliphatic rings. The topological polar surface area (TPSA) is 38.0 Å². The molecule has 2 aromatic carbocycles. The van der Waals surface area contributed by atoms with Gasteiger partial charge in [0.15, 0.2) is 0 Å². The molecule has 0 saturated carbocycles. The number of benzene rings is 2. The van der Waals surface area contributed by atoms with Crippen molar-refractivity contribution >= 4 is 38.5 Å². The maximum absolute atomic E-state index is 5.73. The van der Waals surface area contributed by atoms with Gasteiger partial charge in [0.2, 0.25) is 0 Å². The third kappa shape index (κ3) is 3.12. The molecule has 94 valence electrons. The molecule has 0 fully saturated rings. The third-order valence-corrected chi connectivity index (χ3v) is 4.20. The first-order valence-corrected chi connectivity index (χ1v) is 7.46. The van der Waals surface area contributed by atoms with Crippen LogP contribution in [0.1, 0.15) is 22.7 Å². The molecule has 0 bridgehead atoms. The molecule has 3 N–H and O–H groups in total. The number of halogens is 2. The number of hydrogen-bond donors (Lipinski definition) is 2. The highest BCUT2D eigenvalue weighted by atomic mass is 127. The number of nitrogens with one attached hydrogen (secondary N) is 1. The van der Waals surface area contributed by atoms with Gasteiger partial charge in [0.25, 0.3) is 0 Å². The van der Waals surface area contributed by atoms with Crippen molar-refractivity contribution in [3.8, 4) is 0 Å². The normalized spacial score (nSPS) is 12.4. The van der Waals surface area contributed by atoms with Crippen molar-refractivity contribution < 1.29 is 0 Å². The first kappa shape index (κ1) is 14.0. The lowest BCUT2D eigenvalue weighted by atomic mass is 9.98. The Hall–Kier alpha value is -0.430. The molecule has 2 aromatic rings. The van der Waals surface area contributed by atoms with Crippen LogP contribution in [0.3, 0.4) is 0 Å². The van der Waals surface area contributed by atoms with Crippen molar-refractivity contribution in [3.05, 3.63) is 67.2 Å². The van der Waals surface area contributed by atoms with Crippen LogP contribution in [-0.2, 0) is 0 Å². The van der Waals surface area contributed by atoms with Crippen molar-refractivity contribution in [2.75, 3.05) is 0 Å². The van der Waals surface area contributed by atoms with Crippen LogP contribution in [0.15, 0.2) is 46.9 Å². The minimum atomic E-state index is -0.00556.